The van der Waals surface area contributed by atoms with Crippen molar-refractivity contribution in [3.8, 4) is 0 Å². The Kier molecular flexibility index (Phi) is 4.04. The summed E-state index contributed by atoms with van der Waals surface area (Å²) in [6, 6.07) is 0. The number of morpholine rings is 1. The Labute approximate surface area is 109 Å². The molecule has 0 radical (unpaired) electrons. The summed E-state index contributed by atoms with van der Waals surface area (Å²) >= 11 is 7.44. The number of thiophene rings is 1. The highest BCUT2D eigenvalue weighted by atomic mass is 35.5. The average molecular weight is 276 g/mol. The maximum Gasteiger partial charge on any atom is 0.265 e. The Bertz CT molecular complexity index is 421. The van der Waals surface area contributed by atoms with Crippen LogP contribution >= 0.6 is 22.9 Å². The Balaban J connectivity index is 2.12. The van der Waals surface area contributed by atoms with Gasteiger partial charge in [-0.25, -0.2) is 0 Å². The van der Waals surface area contributed by atoms with E-state index >= 15 is 0 Å². The van der Waals surface area contributed by atoms with Crippen LogP contribution in [0.15, 0.2) is 5.38 Å². The maximum absolute atomic E-state index is 12.2. The minimum atomic E-state index is -0.285. The third kappa shape index (κ3) is 2.63. The van der Waals surface area contributed by atoms with Crippen LogP contribution in [0.4, 0.5) is 0 Å². The molecule has 1 saturated heterocycles. The van der Waals surface area contributed by atoms with Crippen molar-refractivity contribution in [1.82, 2.24) is 4.90 Å². The molecular formula is C11H14ClNO3S. The van der Waals surface area contributed by atoms with Gasteiger partial charge in [0.25, 0.3) is 5.91 Å². The van der Waals surface area contributed by atoms with Gasteiger partial charge >= 0.3 is 0 Å². The van der Waals surface area contributed by atoms with Crippen molar-refractivity contribution < 1.29 is 14.6 Å². The number of rotatable bonds is 2. The van der Waals surface area contributed by atoms with E-state index in [0.717, 1.165) is 5.56 Å². The molecule has 1 fully saturated rings. The molecule has 0 saturated carbocycles. The molecule has 1 aromatic rings. The van der Waals surface area contributed by atoms with E-state index in [-0.39, 0.29) is 18.6 Å². The molecule has 1 aliphatic rings. The van der Waals surface area contributed by atoms with Gasteiger partial charge in [0.05, 0.1) is 24.3 Å². The Morgan fingerprint density at radius 1 is 1.76 bits per heavy atom. The van der Waals surface area contributed by atoms with Gasteiger partial charge in [0.15, 0.2) is 0 Å². The van der Waals surface area contributed by atoms with Crippen LogP contribution < -0.4 is 0 Å². The van der Waals surface area contributed by atoms with Crippen LogP contribution in [0.25, 0.3) is 0 Å². The average Bonchev–Trinajstić information content (AvgIpc) is 2.69. The van der Waals surface area contributed by atoms with Gasteiger partial charge in [-0.1, -0.05) is 11.6 Å². The Morgan fingerprint density at radius 2 is 2.53 bits per heavy atom. The molecule has 0 aromatic carbocycles. The van der Waals surface area contributed by atoms with E-state index in [1.807, 2.05) is 12.3 Å². The summed E-state index contributed by atoms with van der Waals surface area (Å²) in [6.07, 6.45) is -0.285. The van der Waals surface area contributed by atoms with Crippen molar-refractivity contribution in [3.05, 3.63) is 20.8 Å². The molecule has 1 aromatic heterocycles. The first kappa shape index (κ1) is 12.8. The lowest BCUT2D eigenvalue weighted by molar-refractivity contribution is -0.0446. The summed E-state index contributed by atoms with van der Waals surface area (Å²) in [4.78, 5) is 14.5. The van der Waals surface area contributed by atoms with Gasteiger partial charge in [-0.2, -0.15) is 0 Å². The van der Waals surface area contributed by atoms with Crippen LogP contribution in [-0.2, 0) is 4.74 Å². The monoisotopic (exact) mass is 275 g/mol. The van der Waals surface area contributed by atoms with E-state index in [0.29, 0.717) is 29.6 Å². The number of hydrogen-bond donors (Lipinski definition) is 1. The zero-order chi connectivity index (χ0) is 12.4. The second-order valence-corrected chi connectivity index (χ2v) is 5.25. The van der Waals surface area contributed by atoms with Gasteiger partial charge in [-0.3, -0.25) is 4.79 Å². The molecule has 0 aliphatic carbocycles. The fourth-order valence-corrected chi connectivity index (χ4v) is 2.97. The number of aliphatic hydroxyl groups excluding tert-OH is 1. The summed E-state index contributed by atoms with van der Waals surface area (Å²) in [5.74, 6) is -0.0742. The van der Waals surface area contributed by atoms with E-state index in [9.17, 15) is 4.79 Å². The number of amides is 1. The molecule has 1 atom stereocenters. The summed E-state index contributed by atoms with van der Waals surface area (Å²) in [5.41, 5.74) is 0.923. The molecule has 1 unspecified atom stereocenters. The zero-order valence-electron chi connectivity index (χ0n) is 9.48. The summed E-state index contributed by atoms with van der Waals surface area (Å²) in [5, 5.41) is 11.4. The van der Waals surface area contributed by atoms with Crippen molar-refractivity contribution in [2.45, 2.75) is 13.0 Å². The fraction of sp³-hybridized carbons (Fsp3) is 0.545. The number of carbonyl (C=O) groups is 1. The highest BCUT2D eigenvalue weighted by Crippen LogP contribution is 2.28. The standard InChI is InChI=1S/C11H14ClNO3S/c1-7-6-17-10(9(7)12)11(15)13-2-3-16-8(4-13)5-14/h6,8,14H,2-5H2,1H3. The second kappa shape index (κ2) is 5.35. The molecule has 4 nitrogen and oxygen atoms in total. The van der Waals surface area contributed by atoms with Crippen LogP contribution in [0.5, 0.6) is 0 Å². The van der Waals surface area contributed by atoms with Crippen LogP contribution in [-0.4, -0.2) is 48.3 Å². The van der Waals surface area contributed by atoms with E-state index in [1.54, 1.807) is 4.90 Å². The first-order chi connectivity index (χ1) is 8.13. The first-order valence-corrected chi connectivity index (χ1v) is 6.64. The summed E-state index contributed by atoms with van der Waals surface area (Å²) < 4.78 is 5.31. The molecule has 0 bridgehead atoms. The summed E-state index contributed by atoms with van der Waals surface area (Å²) in [7, 11) is 0. The van der Waals surface area contributed by atoms with Gasteiger partial charge in [0, 0.05) is 13.1 Å². The number of halogens is 1. The molecule has 17 heavy (non-hydrogen) atoms. The molecule has 1 amide bonds. The molecule has 1 aliphatic heterocycles. The SMILES string of the molecule is Cc1csc(C(=O)N2CCOC(CO)C2)c1Cl. The van der Waals surface area contributed by atoms with Gasteiger partial charge in [-0.05, 0) is 17.9 Å². The summed E-state index contributed by atoms with van der Waals surface area (Å²) in [6.45, 7) is 3.23. The van der Waals surface area contributed by atoms with Crippen molar-refractivity contribution >= 4 is 28.8 Å². The van der Waals surface area contributed by atoms with E-state index in [1.165, 1.54) is 11.3 Å². The van der Waals surface area contributed by atoms with E-state index in [4.69, 9.17) is 21.4 Å². The highest BCUT2D eigenvalue weighted by Gasteiger charge is 2.26. The molecule has 6 heteroatoms. The largest absolute Gasteiger partial charge is 0.394 e. The number of carbonyl (C=O) groups excluding carboxylic acids is 1. The molecule has 2 rings (SSSR count). The van der Waals surface area contributed by atoms with Gasteiger partial charge in [-0.15, -0.1) is 11.3 Å². The minimum Gasteiger partial charge on any atom is -0.394 e. The molecule has 1 N–H and O–H groups in total. The lowest BCUT2D eigenvalue weighted by Crippen LogP contribution is -2.46. The van der Waals surface area contributed by atoms with Gasteiger partial charge in [0.2, 0.25) is 0 Å². The predicted octanol–water partition coefficient (Wildman–Crippen LogP) is 1.54. The highest BCUT2D eigenvalue weighted by molar-refractivity contribution is 7.13. The first-order valence-electron chi connectivity index (χ1n) is 5.38. The minimum absolute atomic E-state index is 0.0685. The van der Waals surface area contributed by atoms with Crippen molar-refractivity contribution in [2.75, 3.05) is 26.3 Å². The van der Waals surface area contributed by atoms with E-state index in [2.05, 4.69) is 0 Å². The predicted molar refractivity (Wildman–Crippen MR) is 66.8 cm³/mol. The Hall–Kier alpha value is -0.620. The van der Waals surface area contributed by atoms with Crippen LogP contribution in [0.2, 0.25) is 5.02 Å². The number of aliphatic hydroxyl groups is 1. The van der Waals surface area contributed by atoms with Crippen molar-refractivity contribution in [2.24, 2.45) is 0 Å². The molecule has 0 spiro atoms. The van der Waals surface area contributed by atoms with Gasteiger partial charge < -0.3 is 14.7 Å². The number of aryl methyl sites for hydroxylation is 1. The van der Waals surface area contributed by atoms with Crippen LogP contribution in [0.1, 0.15) is 15.2 Å². The number of ether oxygens (including phenoxy) is 1. The van der Waals surface area contributed by atoms with Crippen LogP contribution in [0, 0.1) is 6.92 Å². The zero-order valence-corrected chi connectivity index (χ0v) is 11.1. The molecule has 94 valence electrons. The van der Waals surface area contributed by atoms with Crippen molar-refractivity contribution in [1.29, 1.82) is 0 Å². The fourth-order valence-electron chi connectivity index (χ4n) is 1.73. The van der Waals surface area contributed by atoms with Gasteiger partial charge in [0.1, 0.15) is 4.88 Å². The topological polar surface area (TPSA) is 49.8 Å². The van der Waals surface area contributed by atoms with Crippen LogP contribution in [0.3, 0.4) is 0 Å². The van der Waals surface area contributed by atoms with Crippen molar-refractivity contribution in [3.63, 3.8) is 0 Å². The lowest BCUT2D eigenvalue weighted by atomic mass is 10.2. The quantitative estimate of drug-likeness (QED) is 0.891. The number of hydrogen-bond acceptors (Lipinski definition) is 4. The smallest absolute Gasteiger partial charge is 0.265 e. The molecule has 2 heterocycles. The number of nitrogens with zero attached hydrogens (tertiary/aromatic N) is 1. The second-order valence-electron chi connectivity index (χ2n) is 3.99. The van der Waals surface area contributed by atoms with E-state index < -0.39 is 0 Å². The Morgan fingerprint density at radius 3 is 3.12 bits per heavy atom. The third-order valence-corrected chi connectivity index (χ3v) is 4.41. The maximum atomic E-state index is 12.2. The normalized spacial score (nSPS) is 20.6. The lowest BCUT2D eigenvalue weighted by Gasteiger charge is -2.31. The third-order valence-electron chi connectivity index (χ3n) is 2.72. The molecular weight excluding hydrogens is 262 g/mol.